The highest BCUT2D eigenvalue weighted by atomic mass is 79.9. The van der Waals surface area contributed by atoms with E-state index in [9.17, 15) is 0 Å². The van der Waals surface area contributed by atoms with E-state index in [0.717, 1.165) is 23.1 Å². The maximum atomic E-state index is 5.90. The van der Waals surface area contributed by atoms with Crippen molar-refractivity contribution in [2.75, 3.05) is 11.1 Å². The summed E-state index contributed by atoms with van der Waals surface area (Å²) in [6.07, 6.45) is 4.42. The second-order valence-corrected chi connectivity index (χ2v) is 4.92. The maximum Gasteiger partial charge on any atom is 0.0752 e. The number of nitrogens with one attached hydrogen (secondary N) is 1. The Kier molecular flexibility index (Phi) is 4.20. The average Bonchev–Trinajstić information content (AvgIpc) is 2.38. The number of rotatable bonds is 4. The molecule has 2 aromatic rings. The van der Waals surface area contributed by atoms with Gasteiger partial charge >= 0.3 is 0 Å². The number of aryl methyl sites for hydroxylation is 1. The number of halogens is 1. The van der Waals surface area contributed by atoms with E-state index in [0.29, 0.717) is 5.69 Å². The van der Waals surface area contributed by atoms with Crippen LogP contribution in [-0.2, 0) is 13.0 Å². The van der Waals surface area contributed by atoms with Crippen molar-refractivity contribution in [1.29, 1.82) is 0 Å². The maximum absolute atomic E-state index is 5.90. The highest BCUT2D eigenvalue weighted by molar-refractivity contribution is 9.10. The highest BCUT2D eigenvalue weighted by Gasteiger charge is 2.05. The van der Waals surface area contributed by atoms with Gasteiger partial charge in [-0.15, -0.1) is 0 Å². The molecule has 3 N–H and O–H groups in total. The molecule has 0 fully saturated rings. The van der Waals surface area contributed by atoms with Gasteiger partial charge in [-0.25, -0.2) is 0 Å². The van der Waals surface area contributed by atoms with Crippen molar-refractivity contribution < 1.29 is 0 Å². The molecule has 2 rings (SSSR count). The molecule has 0 saturated carbocycles. The first-order valence-corrected chi connectivity index (χ1v) is 6.71. The molecule has 1 heterocycles. The minimum Gasteiger partial charge on any atom is -0.396 e. The summed E-state index contributed by atoms with van der Waals surface area (Å²) >= 11 is 3.45. The van der Waals surface area contributed by atoms with Crippen molar-refractivity contribution in [2.24, 2.45) is 0 Å². The van der Waals surface area contributed by atoms with E-state index in [2.05, 4.69) is 57.4 Å². The Balaban J connectivity index is 2.16. The number of benzene rings is 1. The number of nitrogen functional groups attached to an aromatic ring is 1. The third kappa shape index (κ3) is 2.82. The number of pyridine rings is 1. The lowest BCUT2D eigenvalue weighted by Gasteiger charge is -2.13. The van der Waals surface area contributed by atoms with Gasteiger partial charge in [-0.1, -0.05) is 31.2 Å². The predicted molar refractivity (Wildman–Crippen MR) is 79.5 cm³/mol. The van der Waals surface area contributed by atoms with Crippen molar-refractivity contribution in [3.8, 4) is 0 Å². The van der Waals surface area contributed by atoms with E-state index in [1.54, 1.807) is 12.4 Å². The summed E-state index contributed by atoms with van der Waals surface area (Å²) in [5, 5.41) is 3.36. The number of nitrogens with two attached hydrogens (primary N) is 1. The number of nitrogens with zero attached hydrogens (tertiary/aromatic N) is 1. The molecular weight excluding hydrogens is 290 g/mol. The first kappa shape index (κ1) is 12.9. The van der Waals surface area contributed by atoms with Gasteiger partial charge in [-0.2, -0.15) is 0 Å². The molecule has 0 amide bonds. The summed E-state index contributed by atoms with van der Waals surface area (Å²) in [7, 11) is 0. The predicted octanol–water partition coefficient (Wildman–Crippen LogP) is 3.60. The summed E-state index contributed by atoms with van der Waals surface area (Å²) in [5.41, 5.74) is 10.1. The zero-order valence-corrected chi connectivity index (χ0v) is 11.9. The van der Waals surface area contributed by atoms with Gasteiger partial charge in [-0.3, -0.25) is 4.98 Å². The summed E-state index contributed by atoms with van der Waals surface area (Å²) < 4.78 is 0.886. The van der Waals surface area contributed by atoms with E-state index in [1.165, 1.54) is 11.1 Å². The third-order valence-electron chi connectivity index (χ3n) is 2.88. The molecule has 0 spiro atoms. The van der Waals surface area contributed by atoms with Gasteiger partial charge in [0.15, 0.2) is 0 Å². The van der Waals surface area contributed by atoms with Crippen LogP contribution in [0.5, 0.6) is 0 Å². The topological polar surface area (TPSA) is 50.9 Å². The zero-order valence-electron chi connectivity index (χ0n) is 10.3. The van der Waals surface area contributed by atoms with E-state index in [4.69, 9.17) is 5.73 Å². The van der Waals surface area contributed by atoms with Gasteiger partial charge in [0, 0.05) is 12.7 Å². The molecule has 0 aliphatic carbocycles. The molecule has 1 aromatic heterocycles. The normalized spacial score (nSPS) is 10.3. The van der Waals surface area contributed by atoms with Gasteiger partial charge in [0.05, 0.1) is 22.0 Å². The Morgan fingerprint density at radius 2 is 1.94 bits per heavy atom. The third-order valence-corrected chi connectivity index (χ3v) is 3.49. The Morgan fingerprint density at radius 3 is 2.61 bits per heavy atom. The summed E-state index contributed by atoms with van der Waals surface area (Å²) in [6, 6.07) is 8.42. The lowest BCUT2D eigenvalue weighted by atomic mass is 10.1. The van der Waals surface area contributed by atoms with Crippen molar-refractivity contribution in [3.05, 3.63) is 52.3 Å². The summed E-state index contributed by atoms with van der Waals surface area (Å²) in [6.45, 7) is 2.92. The minimum atomic E-state index is 0.651. The van der Waals surface area contributed by atoms with E-state index < -0.39 is 0 Å². The molecule has 0 aliphatic heterocycles. The molecule has 94 valence electrons. The standard InChI is InChI=1S/C14H16BrN3/c1-2-10-5-3-4-6-11(10)7-18-14-12(15)8-17-9-13(14)16/h3-6,8-9H,2,7,16H2,1H3,(H,17,18). The van der Waals surface area contributed by atoms with Gasteiger partial charge in [0.25, 0.3) is 0 Å². The SMILES string of the molecule is CCc1ccccc1CNc1c(N)cncc1Br. The van der Waals surface area contributed by atoms with Crippen LogP contribution in [0.25, 0.3) is 0 Å². The Bertz CT molecular complexity index is 520. The molecule has 3 nitrogen and oxygen atoms in total. The molecular formula is C14H16BrN3. The van der Waals surface area contributed by atoms with Crippen molar-refractivity contribution >= 4 is 27.3 Å². The first-order chi connectivity index (χ1) is 8.72. The van der Waals surface area contributed by atoms with Crippen LogP contribution in [-0.4, -0.2) is 4.98 Å². The molecule has 0 aliphatic rings. The molecule has 0 bridgehead atoms. The van der Waals surface area contributed by atoms with E-state index in [1.807, 2.05) is 0 Å². The quantitative estimate of drug-likeness (QED) is 0.907. The Labute approximate surface area is 116 Å². The number of aromatic nitrogens is 1. The Morgan fingerprint density at radius 1 is 1.22 bits per heavy atom. The fourth-order valence-electron chi connectivity index (χ4n) is 1.89. The number of anilines is 2. The largest absolute Gasteiger partial charge is 0.396 e. The van der Waals surface area contributed by atoms with Crippen LogP contribution in [0.2, 0.25) is 0 Å². The van der Waals surface area contributed by atoms with Crippen LogP contribution in [0, 0.1) is 0 Å². The van der Waals surface area contributed by atoms with Crippen LogP contribution < -0.4 is 11.1 Å². The van der Waals surface area contributed by atoms with Crippen molar-refractivity contribution in [3.63, 3.8) is 0 Å². The van der Waals surface area contributed by atoms with Crippen molar-refractivity contribution in [2.45, 2.75) is 19.9 Å². The molecule has 4 heteroatoms. The minimum absolute atomic E-state index is 0.651. The van der Waals surface area contributed by atoms with Crippen LogP contribution in [0.4, 0.5) is 11.4 Å². The van der Waals surface area contributed by atoms with Crippen LogP contribution in [0.3, 0.4) is 0 Å². The van der Waals surface area contributed by atoms with Gasteiger partial charge < -0.3 is 11.1 Å². The van der Waals surface area contributed by atoms with Gasteiger partial charge in [0.2, 0.25) is 0 Å². The fraction of sp³-hybridized carbons (Fsp3) is 0.214. The lowest BCUT2D eigenvalue weighted by molar-refractivity contribution is 1.04. The molecule has 0 saturated heterocycles. The molecule has 0 atom stereocenters. The highest BCUT2D eigenvalue weighted by Crippen LogP contribution is 2.27. The second kappa shape index (κ2) is 5.87. The zero-order chi connectivity index (χ0) is 13.0. The second-order valence-electron chi connectivity index (χ2n) is 4.06. The molecule has 18 heavy (non-hydrogen) atoms. The van der Waals surface area contributed by atoms with Gasteiger partial charge in [0.1, 0.15) is 0 Å². The Hall–Kier alpha value is -1.55. The average molecular weight is 306 g/mol. The monoisotopic (exact) mass is 305 g/mol. The lowest BCUT2D eigenvalue weighted by Crippen LogP contribution is -2.05. The van der Waals surface area contributed by atoms with Crippen LogP contribution in [0.15, 0.2) is 41.1 Å². The molecule has 1 aromatic carbocycles. The smallest absolute Gasteiger partial charge is 0.0752 e. The van der Waals surface area contributed by atoms with Crippen molar-refractivity contribution in [1.82, 2.24) is 4.98 Å². The number of hydrogen-bond acceptors (Lipinski definition) is 3. The van der Waals surface area contributed by atoms with Crippen LogP contribution in [0.1, 0.15) is 18.1 Å². The number of hydrogen-bond donors (Lipinski definition) is 2. The molecule has 0 unspecified atom stereocenters. The van der Waals surface area contributed by atoms with E-state index >= 15 is 0 Å². The summed E-state index contributed by atoms with van der Waals surface area (Å²) in [5.74, 6) is 0. The van der Waals surface area contributed by atoms with Gasteiger partial charge in [-0.05, 0) is 33.5 Å². The van der Waals surface area contributed by atoms with Crippen LogP contribution >= 0.6 is 15.9 Å². The summed E-state index contributed by atoms with van der Waals surface area (Å²) in [4.78, 5) is 4.02. The fourth-order valence-corrected chi connectivity index (χ4v) is 2.38. The first-order valence-electron chi connectivity index (χ1n) is 5.92. The van der Waals surface area contributed by atoms with E-state index in [-0.39, 0.29) is 0 Å². The molecule has 0 radical (unpaired) electrons.